The second-order valence-corrected chi connectivity index (χ2v) is 5.02. The van der Waals surface area contributed by atoms with E-state index in [9.17, 15) is 0 Å². The second-order valence-electron chi connectivity index (χ2n) is 5.02. The number of benzene rings is 1. The number of nitrogens with zero attached hydrogens (tertiary/aromatic N) is 2. The van der Waals surface area contributed by atoms with Gasteiger partial charge in [0.15, 0.2) is 0 Å². The fourth-order valence-corrected chi connectivity index (χ4v) is 2.48. The summed E-state index contributed by atoms with van der Waals surface area (Å²) in [5.41, 5.74) is 2.24. The van der Waals surface area contributed by atoms with Gasteiger partial charge in [0, 0.05) is 19.1 Å². The van der Waals surface area contributed by atoms with Crippen molar-refractivity contribution in [2.24, 2.45) is 0 Å². The van der Waals surface area contributed by atoms with Gasteiger partial charge in [0.1, 0.15) is 0 Å². The molecule has 4 nitrogen and oxygen atoms in total. The standard InChI is InChI=1S/C15H18N2O2/c1-11-16-17-15(19-11)13-6-4-5-12(9-13)10-14-7-2-3-8-18-14/h4-6,9,14H,2-3,7-8,10H2,1H3/t14-/m1/s1. The van der Waals surface area contributed by atoms with Gasteiger partial charge in [0.2, 0.25) is 11.8 Å². The summed E-state index contributed by atoms with van der Waals surface area (Å²) >= 11 is 0. The molecule has 1 aromatic carbocycles. The van der Waals surface area contributed by atoms with E-state index in [2.05, 4.69) is 22.3 Å². The van der Waals surface area contributed by atoms with Crippen LogP contribution >= 0.6 is 0 Å². The van der Waals surface area contributed by atoms with Crippen LogP contribution in [0, 0.1) is 6.92 Å². The van der Waals surface area contributed by atoms with E-state index in [1.807, 2.05) is 12.1 Å². The molecule has 1 aliphatic rings. The molecule has 0 spiro atoms. The lowest BCUT2D eigenvalue weighted by atomic mass is 10.00. The lowest BCUT2D eigenvalue weighted by Crippen LogP contribution is -2.21. The molecule has 0 radical (unpaired) electrons. The first-order valence-corrected chi connectivity index (χ1v) is 6.82. The van der Waals surface area contributed by atoms with Gasteiger partial charge in [0.25, 0.3) is 0 Å². The van der Waals surface area contributed by atoms with Crippen molar-refractivity contribution in [3.05, 3.63) is 35.7 Å². The van der Waals surface area contributed by atoms with Crippen molar-refractivity contribution in [1.29, 1.82) is 0 Å². The molecule has 0 N–H and O–H groups in total. The molecule has 2 aromatic rings. The summed E-state index contributed by atoms with van der Waals surface area (Å²) in [6.07, 6.45) is 4.93. The number of hydrogen-bond acceptors (Lipinski definition) is 4. The van der Waals surface area contributed by atoms with Gasteiger partial charge >= 0.3 is 0 Å². The fourth-order valence-electron chi connectivity index (χ4n) is 2.48. The maximum atomic E-state index is 5.78. The molecular weight excluding hydrogens is 240 g/mol. The Morgan fingerprint density at radius 3 is 2.95 bits per heavy atom. The minimum Gasteiger partial charge on any atom is -0.421 e. The second kappa shape index (κ2) is 5.53. The monoisotopic (exact) mass is 258 g/mol. The maximum absolute atomic E-state index is 5.78. The Bertz CT molecular complexity index is 545. The summed E-state index contributed by atoms with van der Waals surface area (Å²) in [5.74, 6) is 1.18. The summed E-state index contributed by atoms with van der Waals surface area (Å²) < 4.78 is 11.2. The topological polar surface area (TPSA) is 48.2 Å². The molecule has 1 saturated heterocycles. The zero-order chi connectivity index (χ0) is 13.1. The van der Waals surface area contributed by atoms with E-state index >= 15 is 0 Å². The Kier molecular flexibility index (Phi) is 3.60. The first-order chi connectivity index (χ1) is 9.31. The predicted molar refractivity (Wildman–Crippen MR) is 71.8 cm³/mol. The summed E-state index contributed by atoms with van der Waals surface area (Å²) in [7, 11) is 0. The van der Waals surface area contributed by atoms with Crippen LogP contribution in [0.1, 0.15) is 30.7 Å². The SMILES string of the molecule is Cc1nnc(-c2cccc(C[C@H]3CCCCO3)c2)o1. The van der Waals surface area contributed by atoms with Crippen molar-refractivity contribution in [2.75, 3.05) is 6.61 Å². The molecule has 1 atom stereocenters. The first-order valence-electron chi connectivity index (χ1n) is 6.82. The third-order valence-corrected chi connectivity index (χ3v) is 3.44. The van der Waals surface area contributed by atoms with E-state index < -0.39 is 0 Å². The average molecular weight is 258 g/mol. The molecule has 0 aliphatic carbocycles. The molecular formula is C15H18N2O2. The lowest BCUT2D eigenvalue weighted by Gasteiger charge is -2.22. The highest BCUT2D eigenvalue weighted by atomic mass is 16.5. The highest BCUT2D eigenvalue weighted by Gasteiger charge is 2.15. The molecule has 0 bridgehead atoms. The van der Waals surface area contributed by atoms with Crippen LogP contribution in [-0.2, 0) is 11.2 Å². The van der Waals surface area contributed by atoms with E-state index in [4.69, 9.17) is 9.15 Å². The van der Waals surface area contributed by atoms with Crippen LogP contribution in [0.3, 0.4) is 0 Å². The Balaban J connectivity index is 1.75. The lowest BCUT2D eigenvalue weighted by molar-refractivity contribution is 0.0168. The number of hydrogen-bond donors (Lipinski definition) is 0. The van der Waals surface area contributed by atoms with E-state index in [0.717, 1.165) is 25.0 Å². The van der Waals surface area contributed by atoms with E-state index in [1.165, 1.54) is 18.4 Å². The summed E-state index contributed by atoms with van der Waals surface area (Å²) in [4.78, 5) is 0. The normalized spacial score (nSPS) is 19.5. The van der Waals surface area contributed by atoms with Crippen molar-refractivity contribution >= 4 is 0 Å². The van der Waals surface area contributed by atoms with Crippen LogP contribution in [0.15, 0.2) is 28.7 Å². The van der Waals surface area contributed by atoms with Gasteiger partial charge in [0.05, 0.1) is 6.10 Å². The molecule has 1 fully saturated rings. The van der Waals surface area contributed by atoms with Crippen LogP contribution in [-0.4, -0.2) is 22.9 Å². The molecule has 100 valence electrons. The summed E-state index contributed by atoms with van der Waals surface area (Å²) in [6.45, 7) is 2.70. The van der Waals surface area contributed by atoms with Gasteiger partial charge in [-0.1, -0.05) is 12.1 Å². The minimum absolute atomic E-state index is 0.355. The van der Waals surface area contributed by atoms with Gasteiger partial charge in [-0.15, -0.1) is 10.2 Å². The van der Waals surface area contributed by atoms with E-state index in [1.54, 1.807) is 6.92 Å². The van der Waals surface area contributed by atoms with Crippen LogP contribution in [0.5, 0.6) is 0 Å². The maximum Gasteiger partial charge on any atom is 0.247 e. The van der Waals surface area contributed by atoms with Crippen LogP contribution < -0.4 is 0 Å². The van der Waals surface area contributed by atoms with Gasteiger partial charge in [-0.05, 0) is 43.4 Å². The Morgan fingerprint density at radius 2 is 2.21 bits per heavy atom. The molecule has 1 aromatic heterocycles. The highest BCUT2D eigenvalue weighted by molar-refractivity contribution is 5.53. The van der Waals surface area contributed by atoms with Crippen LogP contribution in [0.4, 0.5) is 0 Å². The Morgan fingerprint density at radius 1 is 1.26 bits per heavy atom. The van der Waals surface area contributed by atoms with Gasteiger partial charge < -0.3 is 9.15 Å². The smallest absolute Gasteiger partial charge is 0.247 e. The van der Waals surface area contributed by atoms with Crippen LogP contribution in [0.25, 0.3) is 11.5 Å². The third kappa shape index (κ3) is 3.01. The predicted octanol–water partition coefficient (Wildman–Crippen LogP) is 3.16. The summed E-state index contributed by atoms with van der Waals surface area (Å²) in [6, 6.07) is 8.28. The average Bonchev–Trinajstić information content (AvgIpc) is 2.87. The Hall–Kier alpha value is -1.68. The molecule has 0 amide bonds. The van der Waals surface area contributed by atoms with E-state index in [0.29, 0.717) is 17.9 Å². The van der Waals surface area contributed by atoms with Crippen molar-refractivity contribution in [1.82, 2.24) is 10.2 Å². The molecule has 0 saturated carbocycles. The van der Waals surface area contributed by atoms with E-state index in [-0.39, 0.29) is 0 Å². The summed E-state index contributed by atoms with van der Waals surface area (Å²) in [5, 5.41) is 7.92. The van der Waals surface area contributed by atoms with Crippen molar-refractivity contribution in [2.45, 2.75) is 38.7 Å². The van der Waals surface area contributed by atoms with Crippen molar-refractivity contribution in [3.63, 3.8) is 0 Å². The molecule has 1 aliphatic heterocycles. The van der Waals surface area contributed by atoms with Gasteiger partial charge in [-0.25, -0.2) is 0 Å². The van der Waals surface area contributed by atoms with Gasteiger partial charge in [-0.3, -0.25) is 0 Å². The molecule has 3 rings (SSSR count). The third-order valence-electron chi connectivity index (χ3n) is 3.44. The number of ether oxygens (including phenoxy) is 1. The highest BCUT2D eigenvalue weighted by Crippen LogP contribution is 2.22. The van der Waals surface area contributed by atoms with Crippen molar-refractivity contribution in [3.8, 4) is 11.5 Å². The molecule has 4 heteroatoms. The van der Waals surface area contributed by atoms with Crippen LogP contribution in [0.2, 0.25) is 0 Å². The fraction of sp³-hybridized carbons (Fsp3) is 0.467. The zero-order valence-electron chi connectivity index (χ0n) is 11.1. The number of aromatic nitrogens is 2. The first kappa shape index (κ1) is 12.4. The number of rotatable bonds is 3. The minimum atomic E-state index is 0.355. The largest absolute Gasteiger partial charge is 0.421 e. The quantitative estimate of drug-likeness (QED) is 0.848. The molecule has 2 heterocycles. The molecule has 19 heavy (non-hydrogen) atoms. The number of aryl methyl sites for hydroxylation is 1. The van der Waals surface area contributed by atoms with Gasteiger partial charge in [-0.2, -0.15) is 0 Å². The van der Waals surface area contributed by atoms with Crippen molar-refractivity contribution < 1.29 is 9.15 Å². The zero-order valence-corrected chi connectivity index (χ0v) is 11.1. The Labute approximate surface area is 112 Å². The molecule has 0 unspecified atom stereocenters.